The lowest BCUT2D eigenvalue weighted by Gasteiger charge is -2.35. The van der Waals surface area contributed by atoms with Crippen LogP contribution >= 0.6 is 0 Å². The highest BCUT2D eigenvalue weighted by Gasteiger charge is 2.51. The van der Waals surface area contributed by atoms with Gasteiger partial charge in [-0.1, -0.05) is 55.0 Å². The Morgan fingerprint density at radius 2 is 1.71 bits per heavy atom. The van der Waals surface area contributed by atoms with E-state index in [9.17, 15) is 24.6 Å². The van der Waals surface area contributed by atoms with Crippen LogP contribution in [0, 0.1) is 5.41 Å². The van der Waals surface area contributed by atoms with Gasteiger partial charge in [0.1, 0.15) is 12.6 Å². The molecule has 0 radical (unpaired) electrons. The van der Waals surface area contributed by atoms with Crippen LogP contribution in [-0.4, -0.2) is 64.4 Å². The first-order valence-electron chi connectivity index (χ1n) is 12.1. The molecule has 2 aliphatic carbocycles. The molecule has 1 heterocycles. The highest BCUT2D eigenvalue weighted by Crippen LogP contribution is 2.45. The largest absolute Gasteiger partial charge is 0.480 e. The van der Waals surface area contributed by atoms with Gasteiger partial charge in [0, 0.05) is 24.9 Å². The first kappa shape index (κ1) is 23.4. The molecule has 8 heteroatoms. The molecule has 2 unspecified atom stereocenters. The number of benzene rings is 2. The summed E-state index contributed by atoms with van der Waals surface area (Å²) in [5.41, 5.74) is 3.58. The third-order valence-electron chi connectivity index (χ3n) is 7.91. The fourth-order valence-corrected chi connectivity index (χ4v) is 6.04. The number of carboxylic acid groups (broad SMARTS) is 1. The van der Waals surface area contributed by atoms with Crippen molar-refractivity contribution in [3.63, 3.8) is 0 Å². The third kappa shape index (κ3) is 4.05. The highest BCUT2D eigenvalue weighted by molar-refractivity contribution is 5.89. The molecule has 2 amide bonds. The average molecular weight is 479 g/mol. The maximum Gasteiger partial charge on any atom is 0.407 e. The monoisotopic (exact) mass is 478 g/mol. The summed E-state index contributed by atoms with van der Waals surface area (Å²) in [7, 11) is 0. The number of nitrogens with one attached hydrogen (secondary N) is 1. The zero-order valence-electron chi connectivity index (χ0n) is 19.6. The lowest BCUT2D eigenvalue weighted by atomic mass is 9.83. The number of hydrogen-bond donors (Lipinski definition) is 3. The topological polar surface area (TPSA) is 116 Å². The maximum absolute atomic E-state index is 13.4. The number of carbonyl (C=O) groups excluding carboxylic acids is 2. The Kier molecular flexibility index (Phi) is 6.01. The van der Waals surface area contributed by atoms with Crippen molar-refractivity contribution >= 4 is 18.0 Å². The van der Waals surface area contributed by atoms with Gasteiger partial charge in [-0.3, -0.25) is 4.79 Å². The molecular weight excluding hydrogens is 448 g/mol. The standard InChI is InChI=1S/C27H30N2O6/c1-27(25(33)29-14-16(30)13-22(29)24(31)32)12-6-11-23(27)28-26(34)35-15-21-19-9-4-2-7-17(19)18-8-3-5-10-20(18)21/h2-5,7-10,16,21-23,30H,6,11-15H2,1H3,(H,28,34)(H,31,32)/t16-,22+,23?,27?/m1/s1. The van der Waals surface area contributed by atoms with Gasteiger partial charge in [0.25, 0.3) is 0 Å². The molecule has 4 atom stereocenters. The number of aliphatic carboxylic acids is 1. The number of carbonyl (C=O) groups is 3. The number of aliphatic hydroxyl groups excluding tert-OH is 1. The van der Waals surface area contributed by atoms with Gasteiger partial charge in [-0.25, -0.2) is 9.59 Å². The molecule has 1 saturated heterocycles. The molecule has 184 valence electrons. The summed E-state index contributed by atoms with van der Waals surface area (Å²) in [4.78, 5) is 39.2. The van der Waals surface area contributed by atoms with Crippen molar-refractivity contribution in [1.29, 1.82) is 0 Å². The Labute approximate surface area is 203 Å². The zero-order valence-corrected chi connectivity index (χ0v) is 19.6. The molecule has 3 aliphatic rings. The Balaban J connectivity index is 1.26. The third-order valence-corrected chi connectivity index (χ3v) is 7.91. The van der Waals surface area contributed by atoms with Crippen molar-refractivity contribution in [1.82, 2.24) is 10.2 Å². The predicted molar refractivity (Wildman–Crippen MR) is 128 cm³/mol. The van der Waals surface area contributed by atoms with Gasteiger partial charge in [0.05, 0.1) is 11.5 Å². The van der Waals surface area contributed by atoms with Gasteiger partial charge >= 0.3 is 12.1 Å². The van der Waals surface area contributed by atoms with Crippen LogP contribution in [0.2, 0.25) is 0 Å². The molecule has 0 aromatic heterocycles. The molecule has 2 aromatic carbocycles. The first-order valence-corrected chi connectivity index (χ1v) is 12.1. The van der Waals surface area contributed by atoms with E-state index in [0.29, 0.717) is 12.8 Å². The van der Waals surface area contributed by atoms with Crippen LogP contribution in [0.1, 0.15) is 49.7 Å². The number of fused-ring (bicyclic) bond motifs is 3. The van der Waals surface area contributed by atoms with Gasteiger partial charge in [-0.15, -0.1) is 0 Å². The van der Waals surface area contributed by atoms with Crippen LogP contribution in [0.15, 0.2) is 48.5 Å². The van der Waals surface area contributed by atoms with E-state index in [0.717, 1.165) is 28.7 Å². The van der Waals surface area contributed by atoms with Crippen molar-refractivity contribution in [2.75, 3.05) is 13.2 Å². The number of amides is 2. The van der Waals surface area contributed by atoms with Gasteiger partial charge in [-0.05, 0) is 42.0 Å². The van der Waals surface area contributed by atoms with Crippen molar-refractivity contribution in [3.05, 3.63) is 59.7 Å². The van der Waals surface area contributed by atoms with Gasteiger partial charge < -0.3 is 25.2 Å². The van der Waals surface area contributed by atoms with E-state index >= 15 is 0 Å². The van der Waals surface area contributed by atoms with Crippen molar-refractivity contribution < 1.29 is 29.3 Å². The molecule has 1 aliphatic heterocycles. The Morgan fingerprint density at radius 3 is 2.34 bits per heavy atom. The van der Waals surface area contributed by atoms with Gasteiger partial charge in [-0.2, -0.15) is 0 Å². The molecule has 35 heavy (non-hydrogen) atoms. The zero-order chi connectivity index (χ0) is 24.7. The molecule has 2 aromatic rings. The Hall–Kier alpha value is -3.39. The summed E-state index contributed by atoms with van der Waals surface area (Å²) in [6, 6.07) is 14.7. The molecule has 2 fully saturated rings. The summed E-state index contributed by atoms with van der Waals surface area (Å²) in [6.45, 7) is 1.93. The first-order chi connectivity index (χ1) is 16.8. The minimum atomic E-state index is -1.13. The summed E-state index contributed by atoms with van der Waals surface area (Å²) in [5.74, 6) is -1.53. The van der Waals surface area contributed by atoms with Crippen molar-refractivity contribution in [3.8, 4) is 11.1 Å². The summed E-state index contributed by atoms with van der Waals surface area (Å²) in [5, 5.41) is 22.4. The van der Waals surface area contributed by atoms with Crippen LogP contribution in [0.25, 0.3) is 11.1 Å². The fraction of sp³-hybridized carbons (Fsp3) is 0.444. The summed E-state index contributed by atoms with van der Waals surface area (Å²) >= 11 is 0. The SMILES string of the molecule is CC1(C(=O)N2C[C@H](O)C[C@H]2C(=O)O)CCCC1NC(=O)OCC1c2ccccc2-c2ccccc21. The fourth-order valence-electron chi connectivity index (χ4n) is 6.04. The number of β-amino-alcohol motifs (C(OH)–C–C–N with tert-alkyl or cyclic N) is 1. The van der Waals surface area contributed by atoms with Crippen LogP contribution in [0.3, 0.4) is 0 Å². The molecule has 3 N–H and O–H groups in total. The maximum atomic E-state index is 13.4. The minimum Gasteiger partial charge on any atom is -0.480 e. The average Bonchev–Trinajstić information content (AvgIpc) is 3.51. The molecule has 0 spiro atoms. The molecule has 5 rings (SSSR count). The van der Waals surface area contributed by atoms with E-state index < -0.39 is 35.7 Å². The number of carboxylic acids is 1. The second-order valence-corrected chi connectivity index (χ2v) is 10.0. The number of nitrogens with zero attached hydrogens (tertiary/aromatic N) is 1. The van der Waals surface area contributed by atoms with E-state index in [-0.39, 0.29) is 31.4 Å². The second kappa shape index (κ2) is 9.00. The number of ether oxygens (including phenoxy) is 1. The Morgan fingerprint density at radius 1 is 1.09 bits per heavy atom. The van der Waals surface area contributed by atoms with Crippen LogP contribution in [-0.2, 0) is 14.3 Å². The number of hydrogen-bond acceptors (Lipinski definition) is 5. The minimum absolute atomic E-state index is 0.0109. The van der Waals surface area contributed by atoms with E-state index in [1.54, 1.807) is 6.92 Å². The molecule has 0 bridgehead atoms. The van der Waals surface area contributed by atoms with Crippen LogP contribution < -0.4 is 5.32 Å². The number of rotatable bonds is 5. The number of likely N-dealkylation sites (tertiary alicyclic amines) is 1. The number of alkyl carbamates (subject to hydrolysis) is 1. The quantitative estimate of drug-likeness (QED) is 0.608. The van der Waals surface area contributed by atoms with Crippen molar-refractivity contribution in [2.24, 2.45) is 5.41 Å². The molecular formula is C27H30N2O6. The molecule has 8 nitrogen and oxygen atoms in total. The summed E-state index contributed by atoms with van der Waals surface area (Å²) in [6.07, 6.45) is 0.416. The highest BCUT2D eigenvalue weighted by atomic mass is 16.5. The number of aliphatic hydroxyl groups is 1. The van der Waals surface area contributed by atoms with Crippen molar-refractivity contribution in [2.45, 2.75) is 56.7 Å². The van der Waals surface area contributed by atoms with E-state index in [1.807, 2.05) is 24.3 Å². The smallest absolute Gasteiger partial charge is 0.407 e. The van der Waals surface area contributed by atoms with E-state index in [4.69, 9.17) is 4.74 Å². The normalized spacial score (nSPS) is 27.4. The predicted octanol–water partition coefficient (Wildman–Crippen LogP) is 3.13. The van der Waals surface area contributed by atoms with Gasteiger partial charge in [0.2, 0.25) is 5.91 Å². The van der Waals surface area contributed by atoms with Gasteiger partial charge in [0.15, 0.2) is 0 Å². The second-order valence-electron chi connectivity index (χ2n) is 10.0. The van der Waals surface area contributed by atoms with Crippen LogP contribution in [0.5, 0.6) is 0 Å². The lowest BCUT2D eigenvalue weighted by Crippen LogP contribution is -2.54. The molecule has 1 saturated carbocycles. The van der Waals surface area contributed by atoms with Crippen LogP contribution in [0.4, 0.5) is 4.79 Å². The Bertz CT molecular complexity index is 1120. The lowest BCUT2D eigenvalue weighted by molar-refractivity contribution is -0.153. The van der Waals surface area contributed by atoms with E-state index in [1.165, 1.54) is 4.90 Å². The van der Waals surface area contributed by atoms with E-state index in [2.05, 4.69) is 29.6 Å². The summed E-state index contributed by atoms with van der Waals surface area (Å²) < 4.78 is 5.67.